The van der Waals surface area contributed by atoms with Gasteiger partial charge in [-0.15, -0.1) is 0 Å². The molecule has 98 valence electrons. The van der Waals surface area contributed by atoms with Gasteiger partial charge in [0.15, 0.2) is 0 Å². The summed E-state index contributed by atoms with van der Waals surface area (Å²) in [4.78, 5) is 0. The molecule has 4 aliphatic carbocycles. The average molecular weight is 372 g/mol. The van der Waals surface area contributed by atoms with Crippen molar-refractivity contribution in [3.8, 4) is 0 Å². The molecule has 0 nitrogen and oxygen atoms in total. The fourth-order valence-corrected chi connectivity index (χ4v) is 6.11. The van der Waals surface area contributed by atoms with Gasteiger partial charge in [0.1, 0.15) is 0 Å². The Labute approximate surface area is 127 Å². The molecule has 2 heteroatoms. The molecule has 0 saturated heterocycles. The van der Waals surface area contributed by atoms with E-state index in [1.165, 1.54) is 64.2 Å². The van der Waals surface area contributed by atoms with Crippen molar-refractivity contribution in [2.75, 3.05) is 0 Å². The van der Waals surface area contributed by atoms with E-state index in [0.717, 1.165) is 0 Å². The van der Waals surface area contributed by atoms with Gasteiger partial charge in [0.05, 0.1) is 0 Å². The minimum atomic E-state index is 0.635. The summed E-state index contributed by atoms with van der Waals surface area (Å²) in [7, 11) is 0. The molecule has 2 spiro atoms. The third-order valence-electron chi connectivity index (χ3n) is 6.01. The second-order valence-corrected chi connectivity index (χ2v) is 8.54. The predicted molar refractivity (Wildman–Crippen MR) is 82.9 cm³/mol. The molecule has 4 rings (SSSR count). The molecule has 0 aliphatic heterocycles. The highest BCUT2D eigenvalue weighted by molar-refractivity contribution is 9.12. The van der Waals surface area contributed by atoms with Gasteiger partial charge in [-0.05, 0) is 51.4 Å². The highest BCUT2D eigenvalue weighted by atomic mass is 79.9. The second-order valence-electron chi connectivity index (χ2n) is 6.96. The standard InChI is InChI=1S/C16H20Br2/c17-13-11(9-15(13)5-1-6-15)3-4-12-10-16(14(12)18)7-2-8-16/h1-10H2. The van der Waals surface area contributed by atoms with Gasteiger partial charge in [-0.3, -0.25) is 0 Å². The van der Waals surface area contributed by atoms with Gasteiger partial charge in [0, 0.05) is 19.8 Å². The molecule has 0 aromatic carbocycles. The molecule has 2 saturated carbocycles. The fourth-order valence-electron chi connectivity index (χ4n) is 4.36. The third-order valence-corrected chi connectivity index (χ3v) is 8.81. The topological polar surface area (TPSA) is 0 Å². The molecule has 0 atom stereocenters. The Kier molecular flexibility index (Phi) is 2.69. The number of hydrogen-bond acceptors (Lipinski definition) is 0. The molecule has 2 fully saturated rings. The maximum absolute atomic E-state index is 3.86. The lowest BCUT2D eigenvalue weighted by Gasteiger charge is -2.52. The van der Waals surface area contributed by atoms with Crippen molar-refractivity contribution < 1.29 is 0 Å². The van der Waals surface area contributed by atoms with E-state index in [4.69, 9.17) is 0 Å². The van der Waals surface area contributed by atoms with Crippen LogP contribution >= 0.6 is 31.9 Å². The normalized spacial score (nSPS) is 31.0. The van der Waals surface area contributed by atoms with Gasteiger partial charge in [-0.25, -0.2) is 0 Å². The lowest BCUT2D eigenvalue weighted by atomic mass is 9.56. The summed E-state index contributed by atoms with van der Waals surface area (Å²) in [5.74, 6) is 0. The minimum Gasteiger partial charge on any atom is -0.0583 e. The maximum atomic E-state index is 3.86. The van der Waals surface area contributed by atoms with Gasteiger partial charge in [-0.2, -0.15) is 0 Å². The molecular weight excluding hydrogens is 352 g/mol. The van der Waals surface area contributed by atoms with Crippen molar-refractivity contribution in [1.82, 2.24) is 0 Å². The summed E-state index contributed by atoms with van der Waals surface area (Å²) >= 11 is 7.73. The monoisotopic (exact) mass is 370 g/mol. The number of hydrogen-bond donors (Lipinski definition) is 0. The first-order chi connectivity index (χ1) is 8.65. The molecule has 0 N–H and O–H groups in total. The van der Waals surface area contributed by atoms with Crippen LogP contribution in [0.25, 0.3) is 0 Å². The van der Waals surface area contributed by atoms with Gasteiger partial charge in [0.2, 0.25) is 0 Å². The van der Waals surface area contributed by atoms with Crippen LogP contribution in [0.1, 0.15) is 64.2 Å². The van der Waals surface area contributed by atoms with Crippen molar-refractivity contribution >= 4 is 31.9 Å². The van der Waals surface area contributed by atoms with Crippen LogP contribution in [0.2, 0.25) is 0 Å². The second kappa shape index (κ2) is 3.97. The average Bonchev–Trinajstić information content (AvgIpc) is 2.24. The lowest BCUT2D eigenvalue weighted by Crippen LogP contribution is -2.39. The minimum absolute atomic E-state index is 0.635. The Balaban J connectivity index is 1.38. The first-order valence-corrected chi connectivity index (χ1v) is 9.00. The zero-order chi connectivity index (χ0) is 12.4. The number of allylic oxidation sites excluding steroid dienone is 4. The van der Waals surface area contributed by atoms with E-state index in [0.29, 0.717) is 10.8 Å². The first kappa shape index (κ1) is 12.2. The van der Waals surface area contributed by atoms with Crippen molar-refractivity contribution in [2.24, 2.45) is 10.8 Å². The smallest absolute Gasteiger partial charge is 0.00561 e. The van der Waals surface area contributed by atoms with Crippen LogP contribution in [0.5, 0.6) is 0 Å². The fraction of sp³-hybridized carbons (Fsp3) is 0.750. The Hall–Kier alpha value is 0.440. The van der Waals surface area contributed by atoms with Crippen LogP contribution in [0, 0.1) is 10.8 Å². The summed E-state index contributed by atoms with van der Waals surface area (Å²) < 4.78 is 3.19. The van der Waals surface area contributed by atoms with Crippen LogP contribution in [0.15, 0.2) is 20.1 Å². The molecule has 0 radical (unpaired) electrons. The number of rotatable bonds is 3. The SMILES string of the molecule is BrC1=C(CCC2=C(Br)C3(CCC3)C2)CC12CCC2. The number of halogens is 2. The molecule has 0 aromatic heterocycles. The van der Waals surface area contributed by atoms with E-state index in [2.05, 4.69) is 31.9 Å². The van der Waals surface area contributed by atoms with E-state index in [-0.39, 0.29) is 0 Å². The quantitative estimate of drug-likeness (QED) is 0.552. The van der Waals surface area contributed by atoms with Gasteiger partial charge in [-0.1, -0.05) is 55.8 Å². The van der Waals surface area contributed by atoms with Crippen molar-refractivity contribution in [3.05, 3.63) is 20.1 Å². The van der Waals surface area contributed by atoms with E-state index in [1.54, 1.807) is 20.1 Å². The highest BCUT2D eigenvalue weighted by Gasteiger charge is 2.49. The van der Waals surface area contributed by atoms with Gasteiger partial charge >= 0.3 is 0 Å². The summed E-state index contributed by atoms with van der Waals surface area (Å²) in [6.07, 6.45) is 14.0. The molecule has 4 aliphatic rings. The predicted octanol–water partition coefficient (Wildman–Crippen LogP) is 6.21. The summed E-state index contributed by atoms with van der Waals surface area (Å²) in [5.41, 5.74) is 4.71. The summed E-state index contributed by atoms with van der Waals surface area (Å²) in [6, 6.07) is 0. The summed E-state index contributed by atoms with van der Waals surface area (Å²) in [6.45, 7) is 0. The van der Waals surface area contributed by atoms with Crippen molar-refractivity contribution in [1.29, 1.82) is 0 Å². The third kappa shape index (κ3) is 1.48. The lowest BCUT2D eigenvalue weighted by molar-refractivity contribution is 0.158. The maximum Gasteiger partial charge on any atom is 0.00561 e. The Morgan fingerprint density at radius 3 is 1.33 bits per heavy atom. The Bertz CT molecular complexity index is 417. The van der Waals surface area contributed by atoms with Crippen LogP contribution < -0.4 is 0 Å². The van der Waals surface area contributed by atoms with Gasteiger partial charge in [0.25, 0.3) is 0 Å². The van der Waals surface area contributed by atoms with E-state index in [1.807, 2.05) is 0 Å². The van der Waals surface area contributed by atoms with Crippen LogP contribution in [-0.4, -0.2) is 0 Å². The summed E-state index contributed by atoms with van der Waals surface area (Å²) in [5, 5.41) is 0. The van der Waals surface area contributed by atoms with Crippen molar-refractivity contribution in [3.63, 3.8) is 0 Å². The zero-order valence-corrected chi connectivity index (χ0v) is 14.0. The van der Waals surface area contributed by atoms with Crippen LogP contribution in [0.3, 0.4) is 0 Å². The molecule has 18 heavy (non-hydrogen) atoms. The highest BCUT2D eigenvalue weighted by Crippen LogP contribution is 2.65. The molecule has 0 bridgehead atoms. The molecular formula is C16H20Br2. The Morgan fingerprint density at radius 2 is 1.11 bits per heavy atom. The van der Waals surface area contributed by atoms with Crippen LogP contribution in [-0.2, 0) is 0 Å². The Morgan fingerprint density at radius 1 is 0.722 bits per heavy atom. The first-order valence-electron chi connectivity index (χ1n) is 7.41. The van der Waals surface area contributed by atoms with E-state index in [9.17, 15) is 0 Å². The molecule has 0 heterocycles. The molecule has 0 unspecified atom stereocenters. The largest absolute Gasteiger partial charge is 0.0583 e. The molecule has 0 aromatic rings. The van der Waals surface area contributed by atoms with Gasteiger partial charge < -0.3 is 0 Å². The van der Waals surface area contributed by atoms with Crippen LogP contribution in [0.4, 0.5) is 0 Å². The van der Waals surface area contributed by atoms with E-state index >= 15 is 0 Å². The molecule has 0 amide bonds. The van der Waals surface area contributed by atoms with E-state index < -0.39 is 0 Å². The van der Waals surface area contributed by atoms with Crippen molar-refractivity contribution in [2.45, 2.75) is 64.2 Å². The zero-order valence-electron chi connectivity index (χ0n) is 10.8.